The molecule has 5 nitrogen and oxygen atoms in total. The minimum absolute atomic E-state index is 0.391. The molecule has 1 heterocycles. The lowest BCUT2D eigenvalue weighted by Gasteiger charge is -2.14. The molecule has 6 heteroatoms. The fourth-order valence-electron chi connectivity index (χ4n) is 1.66. The molecule has 1 aliphatic rings. The van der Waals surface area contributed by atoms with Gasteiger partial charge >= 0.3 is 10.2 Å². The lowest BCUT2D eigenvalue weighted by Crippen LogP contribution is -2.33. The van der Waals surface area contributed by atoms with Crippen molar-refractivity contribution in [2.24, 2.45) is 0 Å². The van der Waals surface area contributed by atoms with Gasteiger partial charge in [-0.1, -0.05) is 30.3 Å². The summed E-state index contributed by atoms with van der Waals surface area (Å²) in [6.07, 6.45) is 0.391. The van der Waals surface area contributed by atoms with Crippen LogP contribution in [0, 0.1) is 0 Å². The molecule has 1 aromatic rings. The van der Waals surface area contributed by atoms with Crippen LogP contribution in [-0.4, -0.2) is 31.7 Å². The Kier molecular flexibility index (Phi) is 2.69. The Labute approximate surface area is 94.3 Å². The Morgan fingerprint density at radius 3 is 2.44 bits per heavy atom. The van der Waals surface area contributed by atoms with E-state index in [1.54, 1.807) is 0 Å². The van der Waals surface area contributed by atoms with Crippen molar-refractivity contribution < 1.29 is 13.2 Å². The second-order valence-electron chi connectivity index (χ2n) is 3.69. The molecular formula is C10H12N2O3S. The zero-order chi connectivity index (χ0) is 11.8. The first-order chi connectivity index (χ1) is 7.50. The summed E-state index contributed by atoms with van der Waals surface area (Å²) < 4.78 is 25.8. The molecule has 1 aliphatic heterocycles. The number of benzene rings is 1. The quantitative estimate of drug-likeness (QED) is 0.785. The van der Waals surface area contributed by atoms with Gasteiger partial charge in [0.25, 0.3) is 5.91 Å². The standard InChI is InChI=1S/C10H12N2O3S/c1-12-9(10(13)11-16(12,14)15)7-8-5-3-2-4-6-8/h2-6,9H,7H2,1H3,(H,11,13). The maximum Gasteiger partial charge on any atom is 0.304 e. The number of hydrogen-bond acceptors (Lipinski definition) is 3. The van der Waals surface area contributed by atoms with Gasteiger partial charge in [0.15, 0.2) is 0 Å². The first kappa shape index (κ1) is 11.1. The Hall–Kier alpha value is -1.40. The van der Waals surface area contributed by atoms with Crippen LogP contribution in [0.15, 0.2) is 30.3 Å². The highest BCUT2D eigenvalue weighted by atomic mass is 32.2. The Bertz CT molecular complexity index is 498. The summed E-state index contributed by atoms with van der Waals surface area (Å²) in [5, 5.41) is 0. The first-order valence-electron chi connectivity index (χ1n) is 4.84. The summed E-state index contributed by atoms with van der Waals surface area (Å²) in [6, 6.07) is 8.68. The molecule has 1 atom stereocenters. The molecule has 0 spiro atoms. The van der Waals surface area contributed by atoms with Crippen molar-refractivity contribution in [2.45, 2.75) is 12.5 Å². The number of likely N-dealkylation sites (N-methyl/N-ethyl adjacent to an activating group) is 1. The summed E-state index contributed by atoms with van der Waals surface area (Å²) in [5.74, 6) is -0.466. The molecule has 0 aromatic heterocycles. The molecule has 2 rings (SSSR count). The summed E-state index contributed by atoms with van der Waals surface area (Å²) in [4.78, 5) is 11.5. The number of nitrogens with one attached hydrogen (secondary N) is 1. The van der Waals surface area contributed by atoms with Crippen molar-refractivity contribution in [3.05, 3.63) is 35.9 Å². The van der Waals surface area contributed by atoms with E-state index in [0.29, 0.717) is 6.42 Å². The van der Waals surface area contributed by atoms with Crippen LogP contribution >= 0.6 is 0 Å². The zero-order valence-electron chi connectivity index (χ0n) is 8.75. The van der Waals surface area contributed by atoms with Crippen LogP contribution in [0.5, 0.6) is 0 Å². The smallest absolute Gasteiger partial charge is 0.272 e. The van der Waals surface area contributed by atoms with Gasteiger partial charge in [-0.15, -0.1) is 0 Å². The third-order valence-corrected chi connectivity index (χ3v) is 4.09. The van der Waals surface area contributed by atoms with Crippen LogP contribution < -0.4 is 4.72 Å². The molecule has 1 saturated heterocycles. The fraction of sp³-hybridized carbons (Fsp3) is 0.300. The van der Waals surface area contributed by atoms with Gasteiger partial charge in [-0.25, -0.2) is 4.72 Å². The summed E-state index contributed by atoms with van der Waals surface area (Å²) in [6.45, 7) is 0. The predicted octanol–water partition coefficient (Wildman–Crippen LogP) is -0.0959. The molecule has 0 aliphatic carbocycles. The van der Waals surface area contributed by atoms with Gasteiger partial charge in [-0.3, -0.25) is 4.79 Å². The van der Waals surface area contributed by atoms with Gasteiger partial charge in [0.2, 0.25) is 0 Å². The Morgan fingerprint density at radius 1 is 1.31 bits per heavy atom. The second kappa shape index (κ2) is 3.88. The van der Waals surface area contributed by atoms with Crippen molar-refractivity contribution >= 4 is 16.1 Å². The number of hydrogen-bond donors (Lipinski definition) is 1. The third-order valence-electron chi connectivity index (χ3n) is 2.62. The largest absolute Gasteiger partial charge is 0.304 e. The van der Waals surface area contributed by atoms with Crippen molar-refractivity contribution in [1.29, 1.82) is 0 Å². The molecule has 1 aromatic carbocycles. The van der Waals surface area contributed by atoms with Crippen molar-refractivity contribution in [3.63, 3.8) is 0 Å². The lowest BCUT2D eigenvalue weighted by atomic mass is 10.1. The van der Waals surface area contributed by atoms with Gasteiger partial charge in [0.1, 0.15) is 6.04 Å². The van der Waals surface area contributed by atoms with Gasteiger partial charge in [-0.2, -0.15) is 12.7 Å². The minimum atomic E-state index is -3.61. The van der Waals surface area contributed by atoms with Crippen LogP contribution in [0.25, 0.3) is 0 Å². The van der Waals surface area contributed by atoms with E-state index in [1.165, 1.54) is 7.05 Å². The minimum Gasteiger partial charge on any atom is -0.272 e. The van der Waals surface area contributed by atoms with E-state index in [1.807, 2.05) is 35.1 Å². The highest BCUT2D eigenvalue weighted by Gasteiger charge is 2.40. The van der Waals surface area contributed by atoms with Gasteiger partial charge in [0, 0.05) is 7.05 Å². The van der Waals surface area contributed by atoms with Gasteiger partial charge < -0.3 is 0 Å². The van der Waals surface area contributed by atoms with Crippen LogP contribution in [-0.2, 0) is 21.4 Å². The van der Waals surface area contributed by atoms with E-state index in [4.69, 9.17) is 0 Å². The molecule has 1 fully saturated rings. The highest BCUT2D eigenvalue weighted by molar-refractivity contribution is 7.88. The molecule has 86 valence electrons. The maximum atomic E-state index is 11.5. The molecule has 0 saturated carbocycles. The Morgan fingerprint density at radius 2 is 1.94 bits per heavy atom. The molecule has 0 bridgehead atoms. The van der Waals surface area contributed by atoms with E-state index in [-0.39, 0.29) is 0 Å². The van der Waals surface area contributed by atoms with Crippen LogP contribution in [0.2, 0.25) is 0 Å². The normalized spacial score (nSPS) is 24.3. The SMILES string of the molecule is CN1C(Cc2ccccc2)C(=O)NS1(=O)=O. The summed E-state index contributed by atoms with van der Waals surface area (Å²) >= 11 is 0. The van der Waals surface area contributed by atoms with Crippen LogP contribution in [0.3, 0.4) is 0 Å². The summed E-state index contributed by atoms with van der Waals surface area (Å²) in [7, 11) is -2.21. The maximum absolute atomic E-state index is 11.5. The molecule has 0 radical (unpaired) electrons. The van der Waals surface area contributed by atoms with E-state index in [9.17, 15) is 13.2 Å². The van der Waals surface area contributed by atoms with Crippen molar-refractivity contribution in [2.75, 3.05) is 7.05 Å². The summed E-state index contributed by atoms with van der Waals surface area (Å²) in [5.41, 5.74) is 0.937. The highest BCUT2D eigenvalue weighted by Crippen LogP contribution is 2.15. The Balaban J connectivity index is 2.21. The second-order valence-corrected chi connectivity index (χ2v) is 5.42. The topological polar surface area (TPSA) is 66.5 Å². The van der Waals surface area contributed by atoms with Gasteiger partial charge in [-0.05, 0) is 12.0 Å². The number of carbonyl (C=O) groups is 1. The van der Waals surface area contributed by atoms with Crippen molar-refractivity contribution in [1.82, 2.24) is 9.03 Å². The molecular weight excluding hydrogens is 228 g/mol. The molecule has 1 amide bonds. The van der Waals surface area contributed by atoms with E-state index in [2.05, 4.69) is 0 Å². The number of nitrogens with zero attached hydrogens (tertiary/aromatic N) is 1. The van der Waals surface area contributed by atoms with E-state index >= 15 is 0 Å². The molecule has 16 heavy (non-hydrogen) atoms. The molecule has 1 N–H and O–H groups in total. The van der Waals surface area contributed by atoms with Gasteiger partial charge in [0.05, 0.1) is 0 Å². The monoisotopic (exact) mass is 240 g/mol. The van der Waals surface area contributed by atoms with Crippen molar-refractivity contribution in [3.8, 4) is 0 Å². The van der Waals surface area contributed by atoms with Crippen LogP contribution in [0.1, 0.15) is 5.56 Å². The fourth-order valence-corrected chi connectivity index (χ4v) is 2.70. The average Bonchev–Trinajstić information content (AvgIpc) is 2.42. The number of carbonyl (C=O) groups excluding carboxylic acids is 1. The van der Waals surface area contributed by atoms with Crippen LogP contribution in [0.4, 0.5) is 0 Å². The molecule has 1 unspecified atom stereocenters. The average molecular weight is 240 g/mol. The number of amides is 1. The third kappa shape index (κ3) is 1.94. The zero-order valence-corrected chi connectivity index (χ0v) is 9.57. The predicted molar refractivity (Wildman–Crippen MR) is 58.8 cm³/mol. The lowest BCUT2D eigenvalue weighted by molar-refractivity contribution is -0.121. The van der Waals surface area contributed by atoms with E-state index < -0.39 is 22.2 Å². The number of rotatable bonds is 2. The van der Waals surface area contributed by atoms with E-state index in [0.717, 1.165) is 9.87 Å². The first-order valence-corrected chi connectivity index (χ1v) is 6.28.